The summed E-state index contributed by atoms with van der Waals surface area (Å²) in [7, 11) is 1.61. The summed E-state index contributed by atoms with van der Waals surface area (Å²) in [5.41, 5.74) is 3.27. The number of benzene rings is 1. The molecule has 1 N–H and O–H groups in total. The quantitative estimate of drug-likeness (QED) is 0.925. The summed E-state index contributed by atoms with van der Waals surface area (Å²) in [6.45, 7) is 0.463. The van der Waals surface area contributed by atoms with Crippen molar-refractivity contribution in [3.8, 4) is 0 Å². The lowest BCUT2D eigenvalue weighted by Crippen LogP contribution is -2.37. The molecule has 1 amide bonds. The number of carboxylic acids is 1. The number of hydrogen-bond acceptors (Lipinski definition) is 3. The highest BCUT2D eigenvalue weighted by Gasteiger charge is 2.37. The number of likely N-dealkylation sites (tertiary alicyclic amines) is 1. The van der Waals surface area contributed by atoms with Crippen molar-refractivity contribution in [1.82, 2.24) is 4.90 Å². The number of aryl methyl sites for hydroxylation is 2. The third-order valence-corrected chi connectivity index (χ3v) is 4.98. The Morgan fingerprint density at radius 3 is 2.70 bits per heavy atom. The monoisotopic (exact) mass is 317 g/mol. The van der Waals surface area contributed by atoms with Crippen LogP contribution in [0.15, 0.2) is 18.2 Å². The Balaban J connectivity index is 1.81. The van der Waals surface area contributed by atoms with Gasteiger partial charge in [0.15, 0.2) is 0 Å². The number of carbonyl (C=O) groups excluding carboxylic acids is 1. The molecule has 2 atom stereocenters. The fraction of sp³-hybridized carbons (Fsp3) is 0.556. The Labute approximate surface area is 136 Å². The molecule has 2 aliphatic rings. The molecule has 1 fully saturated rings. The summed E-state index contributed by atoms with van der Waals surface area (Å²) in [4.78, 5) is 25.6. The molecule has 1 aliphatic heterocycles. The number of fused-ring (bicyclic) bond motifs is 1. The molecule has 3 rings (SSSR count). The van der Waals surface area contributed by atoms with Gasteiger partial charge in [-0.2, -0.15) is 0 Å². The minimum atomic E-state index is -0.880. The first kappa shape index (κ1) is 16.0. The predicted octanol–water partition coefficient (Wildman–Crippen LogP) is 2.27. The molecular formula is C18H23NO4. The van der Waals surface area contributed by atoms with E-state index in [1.165, 1.54) is 24.0 Å². The molecule has 1 aromatic carbocycles. The number of nitrogens with zero attached hydrogens (tertiary/aromatic N) is 1. The van der Waals surface area contributed by atoms with Gasteiger partial charge >= 0.3 is 5.97 Å². The third-order valence-electron chi connectivity index (χ3n) is 4.98. The van der Waals surface area contributed by atoms with Crippen molar-refractivity contribution in [3.05, 3.63) is 34.9 Å². The maximum absolute atomic E-state index is 12.9. The van der Waals surface area contributed by atoms with Gasteiger partial charge in [-0.05, 0) is 55.4 Å². The van der Waals surface area contributed by atoms with Crippen molar-refractivity contribution >= 4 is 11.9 Å². The van der Waals surface area contributed by atoms with Gasteiger partial charge < -0.3 is 14.7 Å². The highest BCUT2D eigenvalue weighted by Crippen LogP contribution is 2.27. The molecule has 1 saturated heterocycles. The summed E-state index contributed by atoms with van der Waals surface area (Å²) < 4.78 is 5.34. The SMILES string of the molecule is COC1CC(CC(=O)O)N(C(=O)c2ccc3c(c2)CCCC3)C1. The first-order valence-corrected chi connectivity index (χ1v) is 8.26. The minimum Gasteiger partial charge on any atom is -0.481 e. The first-order valence-electron chi connectivity index (χ1n) is 8.26. The van der Waals surface area contributed by atoms with E-state index in [9.17, 15) is 9.59 Å². The van der Waals surface area contributed by atoms with E-state index in [1.807, 2.05) is 12.1 Å². The van der Waals surface area contributed by atoms with E-state index in [-0.39, 0.29) is 24.5 Å². The molecule has 0 radical (unpaired) electrons. The molecule has 5 nitrogen and oxygen atoms in total. The van der Waals surface area contributed by atoms with E-state index in [0.717, 1.165) is 12.8 Å². The van der Waals surface area contributed by atoms with Crippen LogP contribution in [0.5, 0.6) is 0 Å². The van der Waals surface area contributed by atoms with Gasteiger partial charge in [0.1, 0.15) is 0 Å². The number of aliphatic carboxylic acids is 1. The van der Waals surface area contributed by atoms with Crippen LogP contribution in [0.2, 0.25) is 0 Å². The van der Waals surface area contributed by atoms with Gasteiger partial charge in [-0.1, -0.05) is 6.07 Å². The van der Waals surface area contributed by atoms with Crippen LogP contribution >= 0.6 is 0 Å². The van der Waals surface area contributed by atoms with Crippen molar-refractivity contribution in [1.29, 1.82) is 0 Å². The molecule has 1 aliphatic carbocycles. The van der Waals surface area contributed by atoms with E-state index in [4.69, 9.17) is 9.84 Å². The molecule has 23 heavy (non-hydrogen) atoms. The topological polar surface area (TPSA) is 66.8 Å². The van der Waals surface area contributed by atoms with Gasteiger partial charge in [0.25, 0.3) is 5.91 Å². The van der Waals surface area contributed by atoms with Crippen LogP contribution in [0.3, 0.4) is 0 Å². The zero-order valence-corrected chi connectivity index (χ0v) is 13.5. The first-order chi connectivity index (χ1) is 11.1. The summed E-state index contributed by atoms with van der Waals surface area (Å²) in [5, 5.41) is 9.08. The van der Waals surface area contributed by atoms with E-state index >= 15 is 0 Å². The Morgan fingerprint density at radius 1 is 1.26 bits per heavy atom. The van der Waals surface area contributed by atoms with Crippen molar-refractivity contribution in [2.75, 3.05) is 13.7 Å². The number of ether oxygens (including phenoxy) is 1. The fourth-order valence-electron chi connectivity index (χ4n) is 3.72. The predicted molar refractivity (Wildman–Crippen MR) is 85.6 cm³/mol. The number of carboxylic acid groups (broad SMARTS) is 1. The highest BCUT2D eigenvalue weighted by atomic mass is 16.5. The Kier molecular flexibility index (Phi) is 4.66. The fourth-order valence-corrected chi connectivity index (χ4v) is 3.72. The standard InChI is InChI=1S/C18H23NO4/c1-23-16-9-15(10-17(20)21)19(11-16)18(22)14-7-6-12-4-2-3-5-13(12)8-14/h6-8,15-16H,2-5,9-11H2,1H3,(H,20,21). The second kappa shape index (κ2) is 6.71. The van der Waals surface area contributed by atoms with Crippen LogP contribution in [-0.4, -0.2) is 47.7 Å². The van der Waals surface area contributed by atoms with Gasteiger partial charge in [-0.15, -0.1) is 0 Å². The number of hydrogen-bond donors (Lipinski definition) is 1. The second-order valence-electron chi connectivity index (χ2n) is 6.49. The highest BCUT2D eigenvalue weighted by molar-refractivity contribution is 5.95. The summed E-state index contributed by atoms with van der Waals surface area (Å²) in [5.74, 6) is -0.959. The lowest BCUT2D eigenvalue weighted by molar-refractivity contribution is -0.137. The average molecular weight is 317 g/mol. The second-order valence-corrected chi connectivity index (χ2v) is 6.49. The van der Waals surface area contributed by atoms with Crippen LogP contribution < -0.4 is 0 Å². The van der Waals surface area contributed by atoms with Gasteiger partial charge in [-0.25, -0.2) is 0 Å². The van der Waals surface area contributed by atoms with Crippen molar-refractivity contribution in [2.24, 2.45) is 0 Å². The van der Waals surface area contributed by atoms with Crippen molar-refractivity contribution < 1.29 is 19.4 Å². The maximum atomic E-state index is 12.9. The Hall–Kier alpha value is -1.88. The average Bonchev–Trinajstić information content (AvgIpc) is 2.96. The van der Waals surface area contributed by atoms with Crippen molar-refractivity contribution in [2.45, 2.75) is 50.7 Å². The van der Waals surface area contributed by atoms with E-state index in [0.29, 0.717) is 18.5 Å². The van der Waals surface area contributed by atoms with Crippen molar-refractivity contribution in [3.63, 3.8) is 0 Å². The number of rotatable bonds is 4. The lowest BCUT2D eigenvalue weighted by atomic mass is 9.90. The van der Waals surface area contributed by atoms with Gasteiger partial charge in [0.05, 0.1) is 12.5 Å². The molecule has 1 heterocycles. The van der Waals surface area contributed by atoms with Crippen LogP contribution in [0.25, 0.3) is 0 Å². The summed E-state index contributed by atoms with van der Waals surface area (Å²) in [6, 6.07) is 5.64. The van der Waals surface area contributed by atoms with E-state index < -0.39 is 5.97 Å². The Morgan fingerprint density at radius 2 is 2.00 bits per heavy atom. The maximum Gasteiger partial charge on any atom is 0.305 e. The molecule has 0 spiro atoms. The molecule has 124 valence electrons. The molecule has 1 aromatic rings. The zero-order chi connectivity index (χ0) is 16.4. The smallest absolute Gasteiger partial charge is 0.305 e. The lowest BCUT2D eigenvalue weighted by Gasteiger charge is -2.24. The number of carbonyl (C=O) groups is 2. The largest absolute Gasteiger partial charge is 0.481 e. The van der Waals surface area contributed by atoms with Crippen LogP contribution in [0.1, 0.15) is 47.2 Å². The zero-order valence-electron chi connectivity index (χ0n) is 13.5. The molecular weight excluding hydrogens is 294 g/mol. The molecule has 0 saturated carbocycles. The minimum absolute atomic E-state index is 0.0312. The normalized spacial score (nSPS) is 23.6. The van der Waals surface area contributed by atoms with Crippen LogP contribution in [-0.2, 0) is 22.4 Å². The van der Waals surface area contributed by atoms with Gasteiger partial charge in [0.2, 0.25) is 0 Å². The Bertz CT molecular complexity index is 613. The summed E-state index contributed by atoms with van der Waals surface area (Å²) in [6.07, 6.45) is 4.96. The van der Waals surface area contributed by atoms with E-state index in [1.54, 1.807) is 12.0 Å². The molecule has 2 unspecified atom stereocenters. The van der Waals surface area contributed by atoms with Crippen LogP contribution in [0, 0.1) is 0 Å². The molecule has 5 heteroatoms. The van der Waals surface area contributed by atoms with Gasteiger partial charge in [-0.3, -0.25) is 9.59 Å². The number of amides is 1. The summed E-state index contributed by atoms with van der Waals surface area (Å²) >= 11 is 0. The number of methoxy groups -OCH3 is 1. The van der Waals surface area contributed by atoms with Gasteiger partial charge in [0, 0.05) is 25.3 Å². The third kappa shape index (κ3) is 3.39. The van der Waals surface area contributed by atoms with E-state index in [2.05, 4.69) is 6.07 Å². The van der Waals surface area contributed by atoms with Crippen LogP contribution in [0.4, 0.5) is 0 Å². The molecule has 0 bridgehead atoms. The molecule has 0 aromatic heterocycles.